The average molecular weight is 489 g/mol. The van der Waals surface area contributed by atoms with Crippen molar-refractivity contribution in [1.82, 2.24) is 14.8 Å². The molecule has 12 heteroatoms. The summed E-state index contributed by atoms with van der Waals surface area (Å²) in [7, 11) is 1.68. The average Bonchev–Trinajstić information content (AvgIpc) is 2.79. The molecule has 4 rings (SSSR count). The van der Waals surface area contributed by atoms with Crippen molar-refractivity contribution in [1.29, 1.82) is 5.26 Å². The second-order valence-electron chi connectivity index (χ2n) is 6.90. The van der Waals surface area contributed by atoms with Crippen molar-refractivity contribution in [2.75, 3.05) is 12.1 Å². The number of anilines is 1. The molecular formula is C21H15F3N6OS2. The van der Waals surface area contributed by atoms with Gasteiger partial charge >= 0.3 is 6.18 Å². The van der Waals surface area contributed by atoms with E-state index in [1.807, 2.05) is 12.1 Å². The standard InChI is InChI=1S/C21H15F3N6OS2/c1-29-17-10-27-30(11-16-4-2-3-7-26-16)19(31)18(17)33-20(28-29)32-12-13-5-6-15(21(22,23)24)8-14(13)9-25/h2-8,10H,11-12H2,1H3. The van der Waals surface area contributed by atoms with Gasteiger partial charge in [0.05, 0.1) is 41.3 Å². The third kappa shape index (κ3) is 5.04. The SMILES string of the molecule is CN1N=C(SCc2ccc(C(F)(F)F)cc2C#N)Sc2c1cnn(Cc1ccccn1)c2=O. The Bertz CT molecular complexity index is 1320. The van der Waals surface area contributed by atoms with Crippen LogP contribution < -0.4 is 10.6 Å². The summed E-state index contributed by atoms with van der Waals surface area (Å²) in [5.41, 5.74) is 0.487. The third-order valence-corrected chi connectivity index (χ3v) is 6.93. The largest absolute Gasteiger partial charge is 0.416 e. The molecular weight excluding hydrogens is 473 g/mol. The molecule has 1 aromatic carbocycles. The van der Waals surface area contributed by atoms with E-state index in [1.165, 1.54) is 39.3 Å². The fourth-order valence-electron chi connectivity index (χ4n) is 3.01. The summed E-state index contributed by atoms with van der Waals surface area (Å²) in [4.78, 5) is 17.7. The maximum absolute atomic E-state index is 13.0. The topological polar surface area (TPSA) is 87.2 Å². The smallest absolute Gasteiger partial charge is 0.266 e. The molecule has 0 unspecified atom stereocenters. The molecule has 1 aliphatic rings. The highest BCUT2D eigenvalue weighted by Crippen LogP contribution is 2.37. The lowest BCUT2D eigenvalue weighted by Crippen LogP contribution is -2.29. The molecule has 3 heterocycles. The van der Waals surface area contributed by atoms with Gasteiger partial charge in [-0.3, -0.25) is 14.8 Å². The minimum absolute atomic E-state index is 0.0468. The van der Waals surface area contributed by atoms with E-state index in [4.69, 9.17) is 0 Å². The molecule has 0 aliphatic carbocycles. The molecule has 0 N–H and O–H groups in total. The van der Waals surface area contributed by atoms with Gasteiger partial charge in [-0.1, -0.05) is 35.7 Å². The zero-order valence-corrected chi connectivity index (χ0v) is 18.7. The van der Waals surface area contributed by atoms with Gasteiger partial charge in [0.15, 0.2) is 4.38 Å². The minimum Gasteiger partial charge on any atom is -0.266 e. The highest BCUT2D eigenvalue weighted by molar-refractivity contribution is 8.38. The van der Waals surface area contributed by atoms with Gasteiger partial charge in [-0.05, 0) is 29.8 Å². The summed E-state index contributed by atoms with van der Waals surface area (Å²) < 4.78 is 40.6. The van der Waals surface area contributed by atoms with Crippen LogP contribution in [0.2, 0.25) is 0 Å². The van der Waals surface area contributed by atoms with E-state index in [2.05, 4.69) is 15.2 Å². The van der Waals surface area contributed by atoms with Gasteiger partial charge in [-0.25, -0.2) is 4.68 Å². The van der Waals surface area contributed by atoms with Gasteiger partial charge in [0.1, 0.15) is 4.90 Å². The molecule has 3 aromatic rings. The Morgan fingerprint density at radius 3 is 2.76 bits per heavy atom. The van der Waals surface area contributed by atoms with Crippen LogP contribution in [0.15, 0.2) is 63.6 Å². The van der Waals surface area contributed by atoms with Crippen molar-refractivity contribution in [3.05, 3.63) is 81.5 Å². The quantitative estimate of drug-likeness (QED) is 0.540. The van der Waals surface area contributed by atoms with E-state index in [9.17, 15) is 23.2 Å². The van der Waals surface area contributed by atoms with Crippen LogP contribution in [0.5, 0.6) is 0 Å². The summed E-state index contributed by atoms with van der Waals surface area (Å²) >= 11 is 2.40. The normalized spacial score (nSPS) is 13.3. The Hall–Kier alpha value is -3.30. The number of hydrazone groups is 1. The molecule has 0 saturated heterocycles. The van der Waals surface area contributed by atoms with Crippen LogP contribution in [0.4, 0.5) is 18.9 Å². The number of hydrogen-bond donors (Lipinski definition) is 0. The first-order valence-corrected chi connectivity index (χ1v) is 11.3. The van der Waals surface area contributed by atoms with Crippen LogP contribution >= 0.6 is 23.5 Å². The summed E-state index contributed by atoms with van der Waals surface area (Å²) in [6, 6.07) is 10.3. The molecule has 7 nitrogen and oxygen atoms in total. The van der Waals surface area contributed by atoms with Gasteiger partial charge in [-0.15, -0.1) is 0 Å². The van der Waals surface area contributed by atoms with Gasteiger partial charge in [0, 0.05) is 19.0 Å². The number of benzene rings is 1. The van der Waals surface area contributed by atoms with Crippen molar-refractivity contribution in [2.24, 2.45) is 5.10 Å². The van der Waals surface area contributed by atoms with E-state index in [1.54, 1.807) is 31.6 Å². The Morgan fingerprint density at radius 1 is 1.24 bits per heavy atom. The van der Waals surface area contributed by atoms with Crippen molar-refractivity contribution >= 4 is 33.6 Å². The highest BCUT2D eigenvalue weighted by Gasteiger charge is 2.31. The number of rotatable bonds is 4. The lowest BCUT2D eigenvalue weighted by Gasteiger charge is -2.23. The molecule has 1 aliphatic heterocycles. The van der Waals surface area contributed by atoms with Crippen LogP contribution in [0.25, 0.3) is 0 Å². The van der Waals surface area contributed by atoms with E-state index < -0.39 is 11.7 Å². The zero-order chi connectivity index (χ0) is 23.6. The van der Waals surface area contributed by atoms with Crippen LogP contribution in [0.3, 0.4) is 0 Å². The molecule has 168 valence electrons. The van der Waals surface area contributed by atoms with Crippen LogP contribution in [-0.2, 0) is 18.5 Å². The fourth-order valence-corrected chi connectivity index (χ4v) is 5.20. The number of nitriles is 1. The van der Waals surface area contributed by atoms with E-state index in [0.717, 1.165) is 12.1 Å². The van der Waals surface area contributed by atoms with Crippen molar-refractivity contribution in [3.8, 4) is 6.07 Å². The van der Waals surface area contributed by atoms with E-state index in [0.29, 0.717) is 26.2 Å². The number of aromatic nitrogens is 3. The Kier molecular flexibility index (Phi) is 6.44. The molecule has 2 aromatic heterocycles. The number of halogens is 3. The number of hydrogen-bond acceptors (Lipinski definition) is 8. The second kappa shape index (κ2) is 9.29. The lowest BCUT2D eigenvalue weighted by atomic mass is 10.1. The predicted octanol–water partition coefficient (Wildman–Crippen LogP) is 4.32. The molecule has 0 atom stereocenters. The summed E-state index contributed by atoms with van der Waals surface area (Å²) in [5, 5.41) is 19.4. The second-order valence-corrected chi connectivity index (χ2v) is 9.13. The van der Waals surface area contributed by atoms with Crippen LogP contribution in [0.1, 0.15) is 22.4 Å². The van der Waals surface area contributed by atoms with Gasteiger partial charge in [-0.2, -0.15) is 28.6 Å². The first kappa shape index (κ1) is 22.9. The molecule has 33 heavy (non-hydrogen) atoms. The maximum atomic E-state index is 13.0. The first-order chi connectivity index (χ1) is 15.8. The summed E-state index contributed by atoms with van der Waals surface area (Å²) in [6.07, 6.45) is -1.32. The lowest BCUT2D eigenvalue weighted by molar-refractivity contribution is -0.137. The van der Waals surface area contributed by atoms with Crippen LogP contribution in [-0.4, -0.2) is 26.2 Å². The highest BCUT2D eigenvalue weighted by atomic mass is 32.2. The van der Waals surface area contributed by atoms with Gasteiger partial charge in [0.2, 0.25) is 0 Å². The number of nitrogens with zero attached hydrogens (tertiary/aromatic N) is 6. The van der Waals surface area contributed by atoms with E-state index in [-0.39, 0.29) is 23.4 Å². The van der Waals surface area contributed by atoms with Crippen LogP contribution in [0, 0.1) is 11.3 Å². The fraction of sp³-hybridized carbons (Fsp3) is 0.190. The predicted molar refractivity (Wildman–Crippen MR) is 121 cm³/mol. The Morgan fingerprint density at radius 2 is 2.06 bits per heavy atom. The summed E-state index contributed by atoms with van der Waals surface area (Å²) in [6.45, 7) is 0.216. The monoisotopic (exact) mass is 488 g/mol. The molecule has 0 radical (unpaired) electrons. The Labute approximate surface area is 194 Å². The number of thioether (sulfide) groups is 2. The zero-order valence-electron chi connectivity index (χ0n) is 17.1. The minimum atomic E-state index is -4.52. The van der Waals surface area contributed by atoms with Gasteiger partial charge < -0.3 is 0 Å². The summed E-state index contributed by atoms with van der Waals surface area (Å²) in [5.74, 6) is 0.225. The van der Waals surface area contributed by atoms with Crippen molar-refractivity contribution in [3.63, 3.8) is 0 Å². The van der Waals surface area contributed by atoms with E-state index >= 15 is 0 Å². The molecule has 0 spiro atoms. The van der Waals surface area contributed by atoms with Gasteiger partial charge in [0.25, 0.3) is 5.56 Å². The maximum Gasteiger partial charge on any atom is 0.416 e. The number of pyridine rings is 1. The Balaban J connectivity index is 1.53. The molecule has 0 fully saturated rings. The van der Waals surface area contributed by atoms with Crippen molar-refractivity contribution < 1.29 is 13.2 Å². The first-order valence-electron chi connectivity index (χ1n) is 9.49. The number of fused-ring (bicyclic) bond motifs is 1. The molecule has 0 bridgehead atoms. The van der Waals surface area contributed by atoms with Crippen molar-refractivity contribution in [2.45, 2.75) is 23.4 Å². The molecule has 0 saturated carbocycles. The third-order valence-electron chi connectivity index (χ3n) is 4.70. The molecule has 0 amide bonds. The number of alkyl halides is 3.